The van der Waals surface area contributed by atoms with Gasteiger partial charge in [0.25, 0.3) is 0 Å². The van der Waals surface area contributed by atoms with Crippen molar-refractivity contribution < 1.29 is 22.7 Å². The summed E-state index contributed by atoms with van der Waals surface area (Å²) in [5.41, 5.74) is 0.942. The number of nitrogens with one attached hydrogen (secondary N) is 1. The van der Waals surface area contributed by atoms with Gasteiger partial charge in [-0.25, -0.2) is 8.42 Å². The topological polar surface area (TPSA) is 84.9 Å². The molecule has 1 N–H and O–H groups in total. The first-order valence-electron chi connectivity index (χ1n) is 9.41. The van der Waals surface area contributed by atoms with E-state index in [1.807, 2.05) is 20.8 Å². The van der Waals surface area contributed by atoms with Crippen LogP contribution in [0.25, 0.3) is 0 Å². The standard InChI is InChI=1S/C21H28N2O5S/c1-6-27-19-13-9-18(10-14-19)23(29(5,25)26)16(4)21(24)22-17-7-11-20(12-8-17)28-15(2)3/h7-16H,6H2,1-5H3,(H,22,24)/t16-/m0/s1. The van der Waals surface area contributed by atoms with Crippen molar-refractivity contribution in [2.24, 2.45) is 0 Å². The van der Waals surface area contributed by atoms with E-state index in [1.165, 1.54) is 0 Å². The first-order chi connectivity index (χ1) is 13.6. The van der Waals surface area contributed by atoms with E-state index in [0.29, 0.717) is 29.5 Å². The lowest BCUT2D eigenvalue weighted by molar-refractivity contribution is -0.116. The van der Waals surface area contributed by atoms with Gasteiger partial charge in [-0.1, -0.05) is 0 Å². The highest BCUT2D eigenvalue weighted by Gasteiger charge is 2.29. The number of carbonyl (C=O) groups is 1. The third kappa shape index (κ3) is 6.39. The number of anilines is 2. The van der Waals surface area contributed by atoms with Crippen LogP contribution in [-0.4, -0.2) is 39.3 Å². The molecule has 1 atom stereocenters. The molecule has 2 aromatic rings. The van der Waals surface area contributed by atoms with Gasteiger partial charge in [0, 0.05) is 5.69 Å². The summed E-state index contributed by atoms with van der Waals surface area (Å²) in [6, 6.07) is 12.6. The summed E-state index contributed by atoms with van der Waals surface area (Å²) in [4.78, 5) is 12.7. The van der Waals surface area contributed by atoms with Gasteiger partial charge in [0.2, 0.25) is 15.9 Å². The number of sulfonamides is 1. The molecule has 8 heteroatoms. The molecule has 2 rings (SSSR count). The Morgan fingerprint density at radius 2 is 1.55 bits per heavy atom. The summed E-state index contributed by atoms with van der Waals surface area (Å²) >= 11 is 0. The molecule has 0 unspecified atom stereocenters. The maximum Gasteiger partial charge on any atom is 0.247 e. The Labute approximate surface area is 172 Å². The minimum Gasteiger partial charge on any atom is -0.494 e. The van der Waals surface area contributed by atoms with Gasteiger partial charge >= 0.3 is 0 Å². The lowest BCUT2D eigenvalue weighted by atomic mass is 10.2. The normalized spacial score (nSPS) is 12.3. The second kappa shape index (κ2) is 9.65. The molecule has 0 fully saturated rings. The van der Waals surface area contributed by atoms with Crippen LogP contribution >= 0.6 is 0 Å². The van der Waals surface area contributed by atoms with E-state index in [1.54, 1.807) is 55.5 Å². The van der Waals surface area contributed by atoms with Crippen molar-refractivity contribution in [1.29, 1.82) is 0 Å². The summed E-state index contributed by atoms with van der Waals surface area (Å²) in [6.07, 6.45) is 1.12. The molecule has 0 saturated carbocycles. The molecule has 29 heavy (non-hydrogen) atoms. The van der Waals surface area contributed by atoms with E-state index in [9.17, 15) is 13.2 Å². The highest BCUT2D eigenvalue weighted by atomic mass is 32.2. The summed E-state index contributed by atoms with van der Waals surface area (Å²) in [5, 5.41) is 2.75. The second-order valence-corrected chi connectivity index (χ2v) is 8.70. The lowest BCUT2D eigenvalue weighted by Gasteiger charge is -2.28. The van der Waals surface area contributed by atoms with E-state index < -0.39 is 22.0 Å². The average Bonchev–Trinajstić information content (AvgIpc) is 2.63. The number of nitrogens with zero attached hydrogens (tertiary/aromatic N) is 1. The number of benzene rings is 2. The number of hydrogen-bond acceptors (Lipinski definition) is 5. The Kier molecular flexibility index (Phi) is 7.50. The van der Waals surface area contributed by atoms with E-state index in [-0.39, 0.29) is 6.10 Å². The van der Waals surface area contributed by atoms with Crippen molar-refractivity contribution in [2.75, 3.05) is 22.5 Å². The third-order valence-corrected chi connectivity index (χ3v) is 5.23. The number of amides is 1. The van der Waals surface area contributed by atoms with E-state index in [4.69, 9.17) is 9.47 Å². The molecule has 2 aromatic carbocycles. The zero-order chi connectivity index (χ0) is 21.6. The van der Waals surface area contributed by atoms with Gasteiger partial charge in [0.15, 0.2) is 0 Å². The Morgan fingerprint density at radius 1 is 1.00 bits per heavy atom. The molecule has 1 amide bonds. The summed E-state index contributed by atoms with van der Waals surface area (Å²) < 4.78 is 36.8. The van der Waals surface area contributed by atoms with Crippen molar-refractivity contribution in [3.63, 3.8) is 0 Å². The van der Waals surface area contributed by atoms with Crippen LogP contribution in [-0.2, 0) is 14.8 Å². The number of rotatable bonds is 9. The van der Waals surface area contributed by atoms with Gasteiger partial charge in [0.05, 0.1) is 24.7 Å². The summed E-state index contributed by atoms with van der Waals surface area (Å²) in [7, 11) is -3.69. The van der Waals surface area contributed by atoms with Gasteiger partial charge in [-0.05, 0) is 76.2 Å². The highest BCUT2D eigenvalue weighted by Crippen LogP contribution is 2.25. The fourth-order valence-corrected chi connectivity index (χ4v) is 3.98. The molecule has 0 heterocycles. The molecule has 7 nitrogen and oxygen atoms in total. The molecule has 0 spiro atoms. The highest BCUT2D eigenvalue weighted by molar-refractivity contribution is 7.92. The minimum absolute atomic E-state index is 0.0490. The van der Waals surface area contributed by atoms with Crippen LogP contribution in [0.4, 0.5) is 11.4 Å². The van der Waals surface area contributed by atoms with Gasteiger partial charge in [0.1, 0.15) is 17.5 Å². The van der Waals surface area contributed by atoms with Gasteiger partial charge in [-0.15, -0.1) is 0 Å². The predicted molar refractivity (Wildman–Crippen MR) is 115 cm³/mol. The van der Waals surface area contributed by atoms with Crippen LogP contribution in [0, 0.1) is 0 Å². The van der Waals surface area contributed by atoms with E-state index in [2.05, 4.69) is 5.32 Å². The zero-order valence-electron chi connectivity index (χ0n) is 17.4. The second-order valence-electron chi connectivity index (χ2n) is 6.84. The minimum atomic E-state index is -3.69. The molecule has 0 aliphatic heterocycles. The lowest BCUT2D eigenvalue weighted by Crippen LogP contribution is -2.45. The van der Waals surface area contributed by atoms with Crippen molar-refractivity contribution in [3.05, 3.63) is 48.5 Å². The van der Waals surface area contributed by atoms with Gasteiger partial charge < -0.3 is 14.8 Å². The Bertz CT molecular complexity index is 909. The quantitative estimate of drug-likeness (QED) is 0.669. The maximum atomic E-state index is 12.7. The molecule has 0 aliphatic rings. The van der Waals surface area contributed by atoms with Crippen LogP contribution in [0.2, 0.25) is 0 Å². The Hall–Kier alpha value is -2.74. The fraction of sp³-hybridized carbons (Fsp3) is 0.381. The van der Waals surface area contributed by atoms with E-state index in [0.717, 1.165) is 10.6 Å². The largest absolute Gasteiger partial charge is 0.494 e. The van der Waals surface area contributed by atoms with E-state index >= 15 is 0 Å². The molecular formula is C21H28N2O5S. The fourth-order valence-electron chi connectivity index (χ4n) is 2.80. The summed E-state index contributed by atoms with van der Waals surface area (Å²) in [5.74, 6) is 0.880. The van der Waals surface area contributed by atoms with Crippen LogP contribution in [0.1, 0.15) is 27.7 Å². The molecule has 158 valence electrons. The Morgan fingerprint density at radius 3 is 2.03 bits per heavy atom. The van der Waals surface area contributed by atoms with Crippen molar-refractivity contribution >= 4 is 27.3 Å². The predicted octanol–water partition coefficient (Wildman–Crippen LogP) is 3.67. The van der Waals surface area contributed by atoms with Crippen LogP contribution in [0.5, 0.6) is 11.5 Å². The zero-order valence-corrected chi connectivity index (χ0v) is 18.2. The number of carbonyl (C=O) groups excluding carboxylic acids is 1. The SMILES string of the molecule is CCOc1ccc(N([C@@H](C)C(=O)Nc2ccc(OC(C)C)cc2)S(C)(=O)=O)cc1. The maximum absolute atomic E-state index is 12.7. The van der Waals surface area contributed by atoms with Crippen LogP contribution < -0.4 is 19.1 Å². The molecular weight excluding hydrogens is 392 g/mol. The van der Waals surface area contributed by atoms with Gasteiger partial charge in [-0.3, -0.25) is 9.10 Å². The number of ether oxygens (including phenoxy) is 2. The monoisotopic (exact) mass is 420 g/mol. The van der Waals surface area contributed by atoms with Gasteiger partial charge in [-0.2, -0.15) is 0 Å². The van der Waals surface area contributed by atoms with Crippen molar-refractivity contribution in [1.82, 2.24) is 0 Å². The third-order valence-electron chi connectivity index (χ3n) is 3.98. The molecule has 0 saturated heterocycles. The van der Waals surface area contributed by atoms with Crippen LogP contribution in [0.3, 0.4) is 0 Å². The van der Waals surface area contributed by atoms with Crippen LogP contribution in [0.15, 0.2) is 48.5 Å². The first kappa shape index (κ1) is 22.5. The first-order valence-corrected chi connectivity index (χ1v) is 11.3. The smallest absolute Gasteiger partial charge is 0.247 e. The Balaban J connectivity index is 2.18. The molecule has 0 bridgehead atoms. The molecule has 0 aliphatic carbocycles. The summed E-state index contributed by atoms with van der Waals surface area (Å²) in [6.45, 7) is 7.78. The number of hydrogen-bond donors (Lipinski definition) is 1. The molecule has 0 aromatic heterocycles. The molecule has 0 radical (unpaired) electrons. The average molecular weight is 421 g/mol. The van der Waals surface area contributed by atoms with Crippen molar-refractivity contribution in [3.8, 4) is 11.5 Å². The van der Waals surface area contributed by atoms with Crippen molar-refractivity contribution in [2.45, 2.75) is 39.8 Å².